The van der Waals surface area contributed by atoms with Crippen LogP contribution in [0.25, 0.3) is 0 Å². The maximum absolute atomic E-state index is 13.5. The number of Topliss-reactive ketones (excluding diaryl/α,β-unsaturated/α-hetero) is 2. The molecule has 0 bridgehead atoms. The minimum absolute atomic E-state index is 0.0109. The van der Waals surface area contributed by atoms with Crippen molar-refractivity contribution in [1.82, 2.24) is 34.7 Å². The van der Waals surface area contributed by atoms with Crippen LogP contribution in [0.2, 0.25) is 5.02 Å². The molecule has 3 saturated heterocycles. The molecule has 27 heteroatoms. The molecule has 3 aliphatic heterocycles. The summed E-state index contributed by atoms with van der Waals surface area (Å²) in [5.74, 6) is -7.19. The Kier molecular flexibility index (Phi) is 12.1. The van der Waals surface area contributed by atoms with Gasteiger partial charge >= 0.3 is 34.2 Å². The smallest absolute Gasteiger partial charge is 0.350 e. The summed E-state index contributed by atoms with van der Waals surface area (Å²) in [5.41, 5.74) is 3.29. The number of rotatable bonds is 17. The molecule has 0 radical (unpaired) electrons. The topological polar surface area (TPSA) is 341 Å². The first-order valence-electron chi connectivity index (χ1n) is 16.4. The number of aromatic hydroxyl groups is 2. The molecule has 1 aromatic carbocycles. The van der Waals surface area contributed by atoms with Crippen LogP contribution in [0, 0.1) is 5.92 Å². The number of carboxylic acid groups (broad SMARTS) is 2. The number of fused-ring (bicyclic) bond motifs is 1. The summed E-state index contributed by atoms with van der Waals surface area (Å²) >= 11 is 7.52. The van der Waals surface area contributed by atoms with E-state index in [4.69, 9.17) is 22.2 Å². The third kappa shape index (κ3) is 8.78. The van der Waals surface area contributed by atoms with Gasteiger partial charge in [0, 0.05) is 36.9 Å². The lowest BCUT2D eigenvalue weighted by Gasteiger charge is -2.40. The highest BCUT2D eigenvalue weighted by molar-refractivity contribution is 8.02. The van der Waals surface area contributed by atoms with Gasteiger partial charge in [-0.1, -0.05) is 28.5 Å². The Morgan fingerprint density at radius 3 is 2.49 bits per heavy atom. The molecule has 1 aromatic heterocycles. The molecule has 3 atom stereocenters. The number of thiazole rings is 1. The number of aromatic nitrogens is 1. The van der Waals surface area contributed by atoms with Crippen molar-refractivity contribution < 1.29 is 67.2 Å². The number of hydrazine groups is 1. The van der Waals surface area contributed by atoms with Gasteiger partial charge in [0.25, 0.3) is 0 Å². The number of urea groups is 2. The maximum Gasteiger partial charge on any atom is 0.350 e. The van der Waals surface area contributed by atoms with Crippen LogP contribution >= 0.6 is 34.7 Å². The molecule has 0 aliphatic carbocycles. The zero-order valence-corrected chi connectivity index (χ0v) is 32.8. The van der Waals surface area contributed by atoms with E-state index in [1.165, 1.54) is 25.3 Å². The molecule has 5 amide bonds. The lowest BCUT2D eigenvalue weighted by Crippen LogP contribution is -2.60. The molecule has 0 spiro atoms. The zero-order valence-electron chi connectivity index (χ0n) is 29.6. The predicted octanol–water partition coefficient (Wildman–Crippen LogP) is 0.0945. The number of amides is 5. The first-order chi connectivity index (χ1) is 26.6. The molecular weight excluding hydrogens is 842 g/mol. The summed E-state index contributed by atoms with van der Waals surface area (Å²) in [6.07, 6.45) is -0.703. The van der Waals surface area contributed by atoms with E-state index in [1.54, 1.807) is 4.72 Å². The molecule has 57 heavy (non-hydrogen) atoms. The number of phenolic OH excluding ortho intramolecular Hbond substituents is 2. The molecule has 308 valence electrons. The lowest BCUT2D eigenvalue weighted by molar-refractivity contribution is -0.161. The van der Waals surface area contributed by atoms with Crippen LogP contribution in [0.5, 0.6) is 11.5 Å². The number of carbonyl (C=O) groups excluding carboxylic acids is 5. The monoisotopic (exact) mass is 875 g/mol. The van der Waals surface area contributed by atoms with E-state index >= 15 is 0 Å². The molecule has 4 heterocycles. The normalized spacial score (nSPS) is 20.9. The molecule has 23 nitrogen and oxygen atoms in total. The van der Waals surface area contributed by atoms with Crippen LogP contribution < -0.4 is 20.6 Å². The van der Waals surface area contributed by atoms with Crippen LogP contribution in [-0.4, -0.2) is 138 Å². The summed E-state index contributed by atoms with van der Waals surface area (Å²) in [7, 11) is -4.78. The van der Waals surface area contributed by atoms with E-state index in [0.29, 0.717) is 16.8 Å². The summed E-state index contributed by atoms with van der Waals surface area (Å²) in [6, 6.07) is -0.0885. The van der Waals surface area contributed by atoms with E-state index in [1.807, 2.05) is 4.83 Å². The van der Waals surface area contributed by atoms with Gasteiger partial charge in [0.05, 0.1) is 29.4 Å². The van der Waals surface area contributed by atoms with Gasteiger partial charge in [-0.2, -0.15) is 8.42 Å². The minimum Gasteiger partial charge on any atom is -0.504 e. The van der Waals surface area contributed by atoms with Crippen molar-refractivity contribution in [2.75, 3.05) is 31.9 Å². The third-order valence-corrected chi connectivity index (χ3v) is 12.5. The Morgan fingerprint density at radius 1 is 1.16 bits per heavy atom. The van der Waals surface area contributed by atoms with E-state index in [0.717, 1.165) is 27.2 Å². The minimum atomic E-state index is -4.78. The second-order valence-electron chi connectivity index (χ2n) is 13.1. The van der Waals surface area contributed by atoms with Crippen molar-refractivity contribution in [2.45, 2.75) is 49.0 Å². The number of nitrogens with zero attached hydrogens (tertiary/aromatic N) is 5. The van der Waals surface area contributed by atoms with Gasteiger partial charge in [-0.05, 0) is 32.4 Å². The van der Waals surface area contributed by atoms with Gasteiger partial charge < -0.3 is 41.2 Å². The molecule has 2 aromatic rings. The highest BCUT2D eigenvalue weighted by Gasteiger charge is 2.66. The number of nitrogen functional groups attached to an aromatic ring is 1. The van der Waals surface area contributed by atoms with Crippen LogP contribution in [0.15, 0.2) is 22.7 Å². The Bertz CT molecular complexity index is 2180. The number of hydrogen-bond donors (Lipinski definition) is 8. The third-order valence-electron chi connectivity index (χ3n) is 8.76. The second-order valence-corrected chi connectivity index (χ2v) is 17.1. The Hall–Kier alpha value is -5.44. The van der Waals surface area contributed by atoms with Gasteiger partial charge in [-0.15, -0.1) is 16.2 Å². The number of thioether (sulfide) groups is 1. The van der Waals surface area contributed by atoms with Crippen molar-refractivity contribution >= 4 is 97.2 Å². The SMILES string of the molecule is CC(C)(O/N=C(\C(=O)C[C@@H]1C(=O)N2C[C@@](C(=O)O)(N3CCN(NS(=O)(=O)NC(=O)NCCCC(=O)c4ccc(O)c(O)c4Cl)C3=O)S[C@H]12)c1csc(N)n1)C(=O)O. The quantitative estimate of drug-likeness (QED) is 0.0261. The average molecular weight is 876 g/mol. The standard InChI is InChI=1S/C30H34ClN9O14S3/c1-29(2,24(46)47)54-35-20(15-11-55-26(32)34-15)18(43)10-14-22(45)38-12-30(25(48)49,56-23(14)38)39-8-9-40(28(39)51)37-57(52,53)36-27(50)33-7-3-4-16(41)13-5-6-17(42)21(44)19(13)31/h5-6,11,14,23,37,42,44H,3-4,7-10,12H2,1-2H3,(H2,32,34)(H,46,47)(H,48,49)(H2,33,36,50)/b35-20-/t14-,23-,30-/m1/s1. The van der Waals surface area contributed by atoms with Gasteiger partial charge in [-0.25, -0.2) is 33.9 Å². The van der Waals surface area contributed by atoms with Gasteiger partial charge in [0.15, 0.2) is 33.9 Å². The zero-order chi connectivity index (χ0) is 42.2. The molecule has 3 aliphatic rings. The summed E-state index contributed by atoms with van der Waals surface area (Å²) in [6.45, 7) is 0.949. The number of hydrogen-bond acceptors (Lipinski definition) is 17. The van der Waals surface area contributed by atoms with Gasteiger partial charge in [0.1, 0.15) is 5.69 Å². The maximum atomic E-state index is 13.5. The fourth-order valence-corrected chi connectivity index (χ4v) is 9.05. The van der Waals surface area contributed by atoms with E-state index in [2.05, 4.69) is 15.5 Å². The number of phenols is 2. The average Bonchev–Trinajstić information content (AvgIpc) is 3.83. The predicted molar refractivity (Wildman–Crippen MR) is 198 cm³/mol. The van der Waals surface area contributed by atoms with Gasteiger partial charge in [0.2, 0.25) is 16.4 Å². The van der Waals surface area contributed by atoms with Crippen molar-refractivity contribution in [3.8, 4) is 11.5 Å². The van der Waals surface area contributed by atoms with Crippen molar-refractivity contribution in [3.05, 3.63) is 33.8 Å². The van der Waals surface area contributed by atoms with Crippen LogP contribution in [0.1, 0.15) is 49.2 Å². The number of halogens is 1. The highest BCUT2D eigenvalue weighted by atomic mass is 35.5. The van der Waals surface area contributed by atoms with E-state index < -0.39 is 104 Å². The van der Waals surface area contributed by atoms with Crippen LogP contribution in [-0.2, 0) is 34.2 Å². The van der Waals surface area contributed by atoms with E-state index in [-0.39, 0.29) is 53.9 Å². The number of carbonyl (C=O) groups is 7. The summed E-state index contributed by atoms with van der Waals surface area (Å²) in [5, 5.41) is 45.6. The second kappa shape index (κ2) is 16.2. The first-order valence-corrected chi connectivity index (χ1v) is 20.1. The fourth-order valence-electron chi connectivity index (χ4n) is 5.72. The number of ketones is 2. The number of benzene rings is 1. The number of carboxylic acids is 2. The highest BCUT2D eigenvalue weighted by Crippen LogP contribution is 2.53. The molecule has 5 rings (SSSR count). The van der Waals surface area contributed by atoms with Crippen molar-refractivity contribution in [1.29, 1.82) is 0 Å². The number of nitrogens with one attached hydrogen (secondary N) is 3. The molecule has 9 N–H and O–H groups in total. The number of aliphatic carboxylic acids is 2. The fraction of sp³-hybridized carbons (Fsp3) is 0.433. The molecule has 0 saturated carbocycles. The number of nitrogens with two attached hydrogens (primary N) is 1. The lowest BCUT2D eigenvalue weighted by atomic mass is 9.90. The number of β-lactam (4-membered cyclic amide) rings is 1. The molecule has 0 unspecified atom stereocenters. The Morgan fingerprint density at radius 2 is 1.86 bits per heavy atom. The van der Waals surface area contributed by atoms with E-state index in [9.17, 15) is 62.4 Å². The summed E-state index contributed by atoms with van der Waals surface area (Å²) in [4.78, 5) is 100. The number of anilines is 1. The number of oxime groups is 1. The van der Waals surface area contributed by atoms with Crippen molar-refractivity contribution in [2.24, 2.45) is 11.1 Å². The summed E-state index contributed by atoms with van der Waals surface area (Å²) < 4.78 is 27.1. The van der Waals surface area contributed by atoms with Crippen LogP contribution in [0.3, 0.4) is 0 Å². The largest absolute Gasteiger partial charge is 0.504 e. The molecular formula is C30H34ClN9O14S3. The Balaban J connectivity index is 1.17. The molecule has 3 fully saturated rings. The van der Waals surface area contributed by atoms with Crippen molar-refractivity contribution in [3.63, 3.8) is 0 Å². The first kappa shape index (κ1) is 42.7. The van der Waals surface area contributed by atoms with Crippen LogP contribution in [0.4, 0.5) is 14.7 Å². The Labute approximate surface area is 335 Å². The van der Waals surface area contributed by atoms with Gasteiger partial charge in [-0.3, -0.25) is 19.3 Å².